The van der Waals surface area contributed by atoms with Gasteiger partial charge in [0.15, 0.2) is 5.16 Å². The Morgan fingerprint density at radius 3 is 3.05 bits per heavy atom. The Bertz CT molecular complexity index is 655. The van der Waals surface area contributed by atoms with E-state index in [1.54, 1.807) is 18.0 Å². The van der Waals surface area contributed by atoms with E-state index in [1.165, 1.54) is 17.2 Å². The van der Waals surface area contributed by atoms with Gasteiger partial charge in [-0.15, -0.1) is 0 Å². The molecule has 2 unspecified atom stereocenters. The van der Waals surface area contributed by atoms with Crippen molar-refractivity contribution in [2.45, 2.75) is 29.8 Å². The number of hydrogen-bond acceptors (Lipinski definition) is 4. The summed E-state index contributed by atoms with van der Waals surface area (Å²) in [6.45, 7) is 3.04. The molecule has 2 aromatic rings. The van der Waals surface area contributed by atoms with Crippen LogP contribution in [0.3, 0.4) is 0 Å². The number of hydrogen-bond donors (Lipinski definition) is 2. The van der Waals surface area contributed by atoms with Crippen molar-refractivity contribution in [3.8, 4) is 0 Å². The molecule has 0 spiro atoms. The Morgan fingerprint density at radius 1 is 1.40 bits per heavy atom. The van der Waals surface area contributed by atoms with E-state index in [0.717, 1.165) is 13.0 Å². The number of thioether (sulfide) groups is 1. The minimum atomic E-state index is -0.0991. The summed E-state index contributed by atoms with van der Waals surface area (Å²) in [6, 6.07) is 10.3. The average molecular weight is 287 g/mol. The maximum atomic E-state index is 11.4. The first-order chi connectivity index (χ1) is 9.78. The third kappa shape index (κ3) is 2.64. The topological polar surface area (TPSA) is 57.8 Å². The van der Waals surface area contributed by atoms with E-state index < -0.39 is 0 Å². The molecule has 1 aliphatic carbocycles. The Morgan fingerprint density at radius 2 is 2.25 bits per heavy atom. The highest BCUT2D eigenvalue weighted by Crippen LogP contribution is 2.40. The van der Waals surface area contributed by atoms with Crippen LogP contribution in [0.1, 0.15) is 24.1 Å². The van der Waals surface area contributed by atoms with Crippen molar-refractivity contribution in [3.63, 3.8) is 0 Å². The van der Waals surface area contributed by atoms with Crippen LogP contribution in [0.5, 0.6) is 0 Å². The highest BCUT2D eigenvalue weighted by atomic mass is 32.2. The van der Waals surface area contributed by atoms with Crippen molar-refractivity contribution in [2.24, 2.45) is 0 Å². The summed E-state index contributed by atoms with van der Waals surface area (Å²) < 4.78 is 0. The van der Waals surface area contributed by atoms with Crippen LogP contribution in [-0.2, 0) is 6.42 Å². The number of rotatable bonds is 4. The van der Waals surface area contributed by atoms with Crippen LogP contribution < -0.4 is 10.9 Å². The Kier molecular flexibility index (Phi) is 3.89. The molecule has 1 aromatic heterocycles. The average Bonchev–Trinajstić information content (AvgIpc) is 2.77. The van der Waals surface area contributed by atoms with Gasteiger partial charge in [-0.1, -0.05) is 43.0 Å². The number of fused-ring (bicyclic) bond motifs is 1. The van der Waals surface area contributed by atoms with Gasteiger partial charge in [0.25, 0.3) is 5.56 Å². The summed E-state index contributed by atoms with van der Waals surface area (Å²) in [6.07, 6.45) is 2.56. The largest absolute Gasteiger partial charge is 0.309 e. The molecule has 0 saturated heterocycles. The highest BCUT2D eigenvalue weighted by Gasteiger charge is 2.32. The van der Waals surface area contributed by atoms with Gasteiger partial charge in [0.1, 0.15) is 0 Å². The van der Waals surface area contributed by atoms with Crippen molar-refractivity contribution < 1.29 is 0 Å². The molecule has 0 bridgehead atoms. The van der Waals surface area contributed by atoms with Crippen molar-refractivity contribution in [3.05, 3.63) is 58.0 Å². The van der Waals surface area contributed by atoms with Gasteiger partial charge < -0.3 is 10.3 Å². The number of aromatic amines is 1. The molecule has 104 valence electrons. The molecule has 1 heterocycles. The molecule has 5 heteroatoms. The number of nitrogens with one attached hydrogen (secondary N) is 2. The fourth-order valence-electron chi connectivity index (χ4n) is 2.68. The molecule has 0 fully saturated rings. The zero-order chi connectivity index (χ0) is 13.9. The van der Waals surface area contributed by atoms with Gasteiger partial charge in [0, 0.05) is 23.6 Å². The molecule has 20 heavy (non-hydrogen) atoms. The van der Waals surface area contributed by atoms with E-state index in [-0.39, 0.29) is 5.56 Å². The first-order valence-electron chi connectivity index (χ1n) is 6.81. The van der Waals surface area contributed by atoms with Gasteiger partial charge in [-0.2, -0.15) is 0 Å². The second-order valence-electron chi connectivity index (χ2n) is 4.83. The van der Waals surface area contributed by atoms with Gasteiger partial charge in [0.05, 0.1) is 0 Å². The molecular formula is C15H17N3OS. The van der Waals surface area contributed by atoms with E-state index >= 15 is 0 Å². The molecule has 0 aliphatic heterocycles. The van der Waals surface area contributed by atoms with Crippen LogP contribution in [-0.4, -0.2) is 21.8 Å². The first kappa shape index (κ1) is 13.4. The van der Waals surface area contributed by atoms with Gasteiger partial charge in [-0.25, -0.2) is 4.98 Å². The summed E-state index contributed by atoms with van der Waals surface area (Å²) in [7, 11) is 0. The lowest BCUT2D eigenvalue weighted by Gasteiger charge is -2.20. The van der Waals surface area contributed by atoms with Crippen molar-refractivity contribution in [1.29, 1.82) is 0 Å². The number of aromatic nitrogens is 2. The third-order valence-electron chi connectivity index (χ3n) is 3.52. The highest BCUT2D eigenvalue weighted by molar-refractivity contribution is 7.99. The van der Waals surface area contributed by atoms with E-state index in [4.69, 9.17) is 0 Å². The molecule has 2 atom stereocenters. The van der Waals surface area contributed by atoms with Crippen LogP contribution in [0.15, 0.2) is 46.5 Å². The minimum absolute atomic E-state index is 0.0991. The first-order valence-corrected chi connectivity index (χ1v) is 7.69. The van der Waals surface area contributed by atoms with E-state index in [1.807, 2.05) is 0 Å². The minimum Gasteiger partial charge on any atom is -0.309 e. The summed E-state index contributed by atoms with van der Waals surface area (Å²) in [5.74, 6) is 0. The maximum absolute atomic E-state index is 11.4. The lowest BCUT2D eigenvalue weighted by atomic mass is 10.1. The lowest BCUT2D eigenvalue weighted by molar-refractivity contribution is 0.559. The fraction of sp³-hybridized carbons (Fsp3) is 0.333. The van der Waals surface area contributed by atoms with Crippen molar-refractivity contribution in [1.82, 2.24) is 15.3 Å². The smallest absolute Gasteiger partial charge is 0.251 e. The number of nitrogens with zero attached hydrogens (tertiary/aromatic N) is 1. The van der Waals surface area contributed by atoms with E-state index in [0.29, 0.717) is 16.4 Å². The maximum Gasteiger partial charge on any atom is 0.251 e. The molecule has 1 aliphatic rings. The Balaban J connectivity index is 1.85. The van der Waals surface area contributed by atoms with E-state index in [2.05, 4.69) is 46.5 Å². The summed E-state index contributed by atoms with van der Waals surface area (Å²) in [5, 5.41) is 4.60. The molecular weight excluding hydrogens is 270 g/mol. The lowest BCUT2D eigenvalue weighted by Crippen LogP contribution is -2.27. The predicted octanol–water partition coefficient (Wildman–Crippen LogP) is 2.14. The van der Waals surface area contributed by atoms with Crippen molar-refractivity contribution in [2.75, 3.05) is 6.54 Å². The third-order valence-corrected chi connectivity index (χ3v) is 4.69. The molecule has 1 aromatic carbocycles. The fourth-order valence-corrected chi connectivity index (χ4v) is 3.89. The number of benzene rings is 1. The molecule has 0 saturated carbocycles. The Labute approximate surface area is 122 Å². The molecule has 0 radical (unpaired) electrons. The Hall–Kier alpha value is -1.59. The summed E-state index contributed by atoms with van der Waals surface area (Å²) in [5.41, 5.74) is 2.65. The molecule has 0 amide bonds. The molecule has 4 nitrogen and oxygen atoms in total. The predicted molar refractivity (Wildman–Crippen MR) is 81.1 cm³/mol. The van der Waals surface area contributed by atoms with Crippen LogP contribution in [0.25, 0.3) is 0 Å². The van der Waals surface area contributed by atoms with Crippen LogP contribution in [0.2, 0.25) is 0 Å². The van der Waals surface area contributed by atoms with Gasteiger partial charge in [-0.3, -0.25) is 4.79 Å². The van der Waals surface area contributed by atoms with Gasteiger partial charge in [0.2, 0.25) is 0 Å². The quantitative estimate of drug-likeness (QED) is 0.846. The van der Waals surface area contributed by atoms with Crippen LogP contribution >= 0.6 is 11.8 Å². The molecule has 2 N–H and O–H groups in total. The monoisotopic (exact) mass is 287 g/mol. The SMILES string of the molecule is CCNC1c2ccccc2CC1Sc1nccc(=O)[nH]1. The molecule has 3 rings (SSSR count). The standard InChI is InChI=1S/C15H17N3OS/c1-2-16-14-11-6-4-3-5-10(11)9-12(14)20-15-17-8-7-13(19)18-15/h3-8,12,14,16H,2,9H2,1H3,(H,17,18,19). The van der Waals surface area contributed by atoms with Gasteiger partial charge in [-0.05, 0) is 24.1 Å². The summed E-state index contributed by atoms with van der Waals surface area (Å²) in [4.78, 5) is 18.4. The number of H-pyrrole nitrogens is 1. The normalized spacial score (nSPS) is 20.9. The zero-order valence-corrected chi connectivity index (χ0v) is 12.1. The van der Waals surface area contributed by atoms with Gasteiger partial charge >= 0.3 is 0 Å². The van der Waals surface area contributed by atoms with Crippen LogP contribution in [0.4, 0.5) is 0 Å². The zero-order valence-electron chi connectivity index (χ0n) is 11.3. The van der Waals surface area contributed by atoms with E-state index in [9.17, 15) is 4.79 Å². The second kappa shape index (κ2) is 5.81. The van der Waals surface area contributed by atoms with Crippen LogP contribution in [0, 0.1) is 0 Å². The van der Waals surface area contributed by atoms with Crippen molar-refractivity contribution >= 4 is 11.8 Å². The summed E-state index contributed by atoms with van der Waals surface area (Å²) >= 11 is 1.64. The second-order valence-corrected chi connectivity index (χ2v) is 6.06.